The van der Waals surface area contributed by atoms with Gasteiger partial charge in [-0.25, -0.2) is 8.42 Å². The summed E-state index contributed by atoms with van der Waals surface area (Å²) in [5.41, 5.74) is 2.03. The molecule has 36 heavy (non-hydrogen) atoms. The Kier molecular flexibility index (Phi) is 7.11. The summed E-state index contributed by atoms with van der Waals surface area (Å²) in [5, 5.41) is 6.30. The van der Waals surface area contributed by atoms with E-state index in [0.29, 0.717) is 37.4 Å². The molecule has 1 atom stereocenters. The zero-order chi connectivity index (χ0) is 25.3. The molecule has 3 aromatic rings. The monoisotopic (exact) mass is 527 g/mol. The summed E-state index contributed by atoms with van der Waals surface area (Å²) in [6.45, 7) is 1.56. The van der Waals surface area contributed by atoms with Gasteiger partial charge in [0, 0.05) is 48.8 Å². The van der Waals surface area contributed by atoms with Gasteiger partial charge in [0.05, 0.1) is 5.69 Å². The van der Waals surface area contributed by atoms with Crippen LogP contribution in [0.1, 0.15) is 42.5 Å². The third-order valence-corrected chi connectivity index (χ3v) is 10.1. The fourth-order valence-electron chi connectivity index (χ4n) is 5.09. The highest BCUT2D eigenvalue weighted by molar-refractivity contribution is 7.91. The van der Waals surface area contributed by atoms with Gasteiger partial charge in [-0.3, -0.25) is 9.59 Å². The number of carbonyl (C=O) groups is 2. The zero-order valence-electron chi connectivity index (χ0n) is 20.1. The molecule has 1 fully saturated rings. The standard InChI is InChI=1S/C26H29N3O5S2/c1-34-16-5-4-14-28-21-13-12-20(18-8-6-9-19(24(18)21)26(28)31)27-25(30)22-10-2-3-15-29(22)36(32,33)23-11-7-17-35-23/h6-9,11-13,17,22H,2-5,10,14-16H2,1H3,(H,27,30). The number of sulfonamides is 1. The van der Waals surface area contributed by atoms with E-state index in [1.54, 1.807) is 35.6 Å². The smallest absolute Gasteiger partial charge is 0.258 e. The third-order valence-electron chi connectivity index (χ3n) is 6.84. The number of amides is 2. The minimum Gasteiger partial charge on any atom is -0.385 e. The number of rotatable bonds is 9. The van der Waals surface area contributed by atoms with E-state index in [-0.39, 0.29) is 16.0 Å². The van der Waals surface area contributed by atoms with E-state index in [2.05, 4.69) is 5.32 Å². The summed E-state index contributed by atoms with van der Waals surface area (Å²) in [4.78, 5) is 28.4. The number of thiophene rings is 1. The van der Waals surface area contributed by atoms with Crippen LogP contribution in [0.4, 0.5) is 11.4 Å². The second kappa shape index (κ2) is 10.3. The molecule has 5 rings (SSSR count). The number of unbranched alkanes of at least 4 members (excludes halogenated alkanes) is 1. The number of benzene rings is 2. The molecule has 190 valence electrons. The van der Waals surface area contributed by atoms with Crippen LogP contribution in [-0.2, 0) is 19.6 Å². The highest BCUT2D eigenvalue weighted by Crippen LogP contribution is 2.41. The van der Waals surface area contributed by atoms with Crippen LogP contribution >= 0.6 is 11.3 Å². The van der Waals surface area contributed by atoms with Crippen LogP contribution < -0.4 is 10.2 Å². The van der Waals surface area contributed by atoms with Crippen molar-refractivity contribution in [3.05, 3.63) is 53.4 Å². The van der Waals surface area contributed by atoms with Crippen LogP contribution in [0.15, 0.2) is 52.1 Å². The predicted octanol–water partition coefficient (Wildman–Crippen LogP) is 4.47. The Morgan fingerprint density at radius 3 is 2.78 bits per heavy atom. The molecule has 0 saturated carbocycles. The summed E-state index contributed by atoms with van der Waals surface area (Å²) in [6.07, 6.45) is 3.65. The average Bonchev–Trinajstić information content (AvgIpc) is 3.53. The van der Waals surface area contributed by atoms with E-state index in [1.165, 1.54) is 4.31 Å². The van der Waals surface area contributed by atoms with Gasteiger partial charge in [-0.1, -0.05) is 24.6 Å². The van der Waals surface area contributed by atoms with Gasteiger partial charge in [0.25, 0.3) is 15.9 Å². The molecule has 2 amide bonds. The number of nitrogens with zero attached hydrogens (tertiary/aromatic N) is 2. The molecule has 2 aromatic carbocycles. The van der Waals surface area contributed by atoms with Crippen LogP contribution in [0, 0.1) is 0 Å². The van der Waals surface area contributed by atoms with Crippen LogP contribution in [0.3, 0.4) is 0 Å². The first-order chi connectivity index (χ1) is 17.4. The fraction of sp³-hybridized carbons (Fsp3) is 0.385. The van der Waals surface area contributed by atoms with E-state index < -0.39 is 16.1 Å². The number of piperidine rings is 1. The van der Waals surface area contributed by atoms with Crippen molar-refractivity contribution in [3.63, 3.8) is 0 Å². The Balaban J connectivity index is 1.42. The Morgan fingerprint density at radius 1 is 1.14 bits per heavy atom. The number of hydrogen-bond acceptors (Lipinski definition) is 6. The first-order valence-electron chi connectivity index (χ1n) is 12.2. The summed E-state index contributed by atoms with van der Waals surface area (Å²) < 4.78 is 33.2. The lowest BCUT2D eigenvalue weighted by Crippen LogP contribution is -2.49. The number of methoxy groups -OCH3 is 1. The van der Waals surface area contributed by atoms with E-state index in [0.717, 1.165) is 53.5 Å². The highest BCUT2D eigenvalue weighted by atomic mass is 32.2. The molecule has 8 nitrogen and oxygen atoms in total. The maximum atomic E-state index is 13.5. The van der Waals surface area contributed by atoms with Crippen LogP contribution in [-0.4, -0.2) is 57.4 Å². The number of carbonyl (C=O) groups excluding carboxylic acids is 2. The maximum Gasteiger partial charge on any atom is 0.258 e. The zero-order valence-corrected chi connectivity index (χ0v) is 21.7. The lowest BCUT2D eigenvalue weighted by atomic mass is 10.0. The van der Waals surface area contributed by atoms with E-state index in [1.807, 2.05) is 24.3 Å². The first-order valence-corrected chi connectivity index (χ1v) is 14.5. The quantitative estimate of drug-likeness (QED) is 0.414. The number of nitrogens with one attached hydrogen (secondary N) is 1. The molecule has 10 heteroatoms. The molecule has 0 bridgehead atoms. The van der Waals surface area contributed by atoms with Crippen molar-refractivity contribution in [1.29, 1.82) is 0 Å². The van der Waals surface area contributed by atoms with Crippen molar-refractivity contribution in [1.82, 2.24) is 4.31 Å². The van der Waals surface area contributed by atoms with Crippen molar-refractivity contribution >= 4 is 55.3 Å². The van der Waals surface area contributed by atoms with Gasteiger partial charge >= 0.3 is 0 Å². The average molecular weight is 528 g/mol. The van der Waals surface area contributed by atoms with E-state index in [9.17, 15) is 18.0 Å². The molecule has 0 spiro atoms. The molecule has 0 radical (unpaired) electrons. The Hall–Kier alpha value is -2.79. The largest absolute Gasteiger partial charge is 0.385 e. The van der Waals surface area contributed by atoms with Gasteiger partial charge in [-0.05, 0) is 55.3 Å². The van der Waals surface area contributed by atoms with Gasteiger partial charge in [-0.2, -0.15) is 4.31 Å². The topological polar surface area (TPSA) is 96.0 Å². The molecule has 1 unspecified atom stereocenters. The van der Waals surface area contributed by atoms with Gasteiger partial charge in [0.15, 0.2) is 0 Å². The molecule has 2 aliphatic heterocycles. The number of ether oxygens (including phenoxy) is 1. The molecule has 1 saturated heterocycles. The minimum absolute atomic E-state index is 0.0445. The van der Waals surface area contributed by atoms with Crippen molar-refractivity contribution in [2.75, 3.05) is 37.0 Å². The molecule has 1 aromatic heterocycles. The second-order valence-corrected chi connectivity index (χ2v) is 12.1. The maximum absolute atomic E-state index is 13.5. The second-order valence-electron chi connectivity index (χ2n) is 9.07. The molecular formula is C26H29N3O5S2. The van der Waals surface area contributed by atoms with E-state index in [4.69, 9.17) is 4.74 Å². The molecule has 0 aliphatic carbocycles. The minimum atomic E-state index is -3.75. The van der Waals surface area contributed by atoms with Crippen LogP contribution in [0.2, 0.25) is 0 Å². The first kappa shape index (κ1) is 24.9. The fourth-order valence-corrected chi connectivity index (χ4v) is 7.87. The van der Waals surface area contributed by atoms with Gasteiger partial charge in [0.1, 0.15) is 10.3 Å². The SMILES string of the molecule is COCCCCN1C(=O)c2cccc3c(NC(=O)C4CCCCN4S(=O)(=O)c4cccs4)ccc1c23. The number of hydrogen-bond donors (Lipinski definition) is 1. The number of anilines is 2. The van der Waals surface area contributed by atoms with Crippen molar-refractivity contribution in [2.24, 2.45) is 0 Å². The predicted molar refractivity (Wildman–Crippen MR) is 141 cm³/mol. The van der Waals surface area contributed by atoms with Crippen LogP contribution in [0.25, 0.3) is 10.8 Å². The lowest BCUT2D eigenvalue weighted by molar-refractivity contribution is -0.120. The Labute approximate surface area is 214 Å². The lowest BCUT2D eigenvalue weighted by Gasteiger charge is -2.33. The normalized spacial score (nSPS) is 18.2. The molecule has 2 aliphatic rings. The van der Waals surface area contributed by atoms with Gasteiger partial charge in [-0.15, -0.1) is 11.3 Å². The summed E-state index contributed by atoms with van der Waals surface area (Å²) in [5.74, 6) is -0.395. The van der Waals surface area contributed by atoms with Crippen molar-refractivity contribution < 1.29 is 22.7 Å². The van der Waals surface area contributed by atoms with Crippen LogP contribution in [0.5, 0.6) is 0 Å². The van der Waals surface area contributed by atoms with Crippen molar-refractivity contribution in [2.45, 2.75) is 42.4 Å². The summed E-state index contributed by atoms with van der Waals surface area (Å²) >= 11 is 1.16. The highest BCUT2D eigenvalue weighted by Gasteiger charge is 2.38. The summed E-state index contributed by atoms with van der Waals surface area (Å²) in [7, 11) is -2.08. The van der Waals surface area contributed by atoms with Gasteiger partial charge < -0.3 is 15.0 Å². The molecule has 3 heterocycles. The third kappa shape index (κ3) is 4.43. The van der Waals surface area contributed by atoms with Gasteiger partial charge in [0.2, 0.25) is 5.91 Å². The van der Waals surface area contributed by atoms with Crippen molar-refractivity contribution in [3.8, 4) is 0 Å². The van der Waals surface area contributed by atoms with E-state index >= 15 is 0 Å². The summed E-state index contributed by atoms with van der Waals surface area (Å²) in [6, 6.07) is 11.7. The Bertz CT molecular complexity index is 1390. The Morgan fingerprint density at radius 2 is 2.00 bits per heavy atom. The molecule has 1 N–H and O–H groups in total. The molecular weight excluding hydrogens is 498 g/mol.